The number of hydrogen-bond donors (Lipinski definition) is 1. The van der Waals surface area contributed by atoms with Crippen LogP contribution in [0.4, 0.5) is 0 Å². The van der Waals surface area contributed by atoms with E-state index >= 15 is 0 Å². The summed E-state index contributed by atoms with van der Waals surface area (Å²) >= 11 is 0. The summed E-state index contributed by atoms with van der Waals surface area (Å²) in [6.07, 6.45) is 0. The normalized spacial score (nSPS) is 10.4. The van der Waals surface area contributed by atoms with Crippen LogP contribution < -0.4 is 5.64 Å². The van der Waals surface area contributed by atoms with E-state index < -0.39 is 0 Å². The van der Waals surface area contributed by atoms with E-state index in [1.807, 2.05) is 0 Å². The Morgan fingerprint density at radius 1 is 1.00 bits per heavy atom. The van der Waals surface area contributed by atoms with Crippen LogP contribution in [0.3, 0.4) is 0 Å². The highest BCUT2D eigenvalue weighted by Gasteiger charge is 1.87. The van der Waals surface area contributed by atoms with E-state index in [4.69, 9.17) is 14.3 Å². The first kappa shape index (κ1) is 10.8. The molecule has 0 saturated carbocycles. The monoisotopic (exact) mass is 165 g/mol. The van der Waals surface area contributed by atoms with Crippen molar-refractivity contribution in [2.24, 2.45) is 0 Å². The van der Waals surface area contributed by atoms with E-state index in [-0.39, 0.29) is 0 Å². The summed E-state index contributed by atoms with van der Waals surface area (Å²) in [5.41, 5.74) is 2.23. The number of ether oxygens (including phenoxy) is 2. The van der Waals surface area contributed by atoms with E-state index in [9.17, 15) is 0 Å². The van der Waals surface area contributed by atoms with E-state index in [0.717, 1.165) is 0 Å². The SMILES string of the molecule is COCCOCCONOC. The van der Waals surface area contributed by atoms with Gasteiger partial charge < -0.3 is 9.47 Å². The minimum Gasteiger partial charge on any atom is -0.382 e. The van der Waals surface area contributed by atoms with Crippen LogP contribution in [0.15, 0.2) is 0 Å². The van der Waals surface area contributed by atoms with Gasteiger partial charge in [-0.1, -0.05) is 5.64 Å². The molecule has 0 rings (SSSR count). The summed E-state index contributed by atoms with van der Waals surface area (Å²) in [5.74, 6) is 0. The zero-order chi connectivity index (χ0) is 8.36. The molecule has 0 atom stereocenters. The molecule has 0 spiro atoms. The van der Waals surface area contributed by atoms with Gasteiger partial charge in [0.15, 0.2) is 0 Å². The standard InChI is InChI=1S/C6H15NO4/c1-8-3-4-10-5-6-11-7-9-2/h7H,3-6H2,1-2H3. The molecule has 0 aliphatic rings. The van der Waals surface area contributed by atoms with Crippen LogP contribution in [0.25, 0.3) is 0 Å². The molecule has 0 amide bonds. The maximum absolute atomic E-state index is 5.08. The molecular formula is C6H15NO4. The van der Waals surface area contributed by atoms with Gasteiger partial charge >= 0.3 is 0 Å². The van der Waals surface area contributed by atoms with Crippen molar-refractivity contribution in [2.75, 3.05) is 40.6 Å². The van der Waals surface area contributed by atoms with Crippen molar-refractivity contribution in [1.82, 2.24) is 5.64 Å². The maximum Gasteiger partial charge on any atom is 0.0942 e. The Morgan fingerprint density at radius 2 is 1.73 bits per heavy atom. The average Bonchev–Trinajstić information content (AvgIpc) is 2.03. The van der Waals surface area contributed by atoms with Crippen LogP contribution in [0, 0.1) is 0 Å². The molecule has 5 nitrogen and oxygen atoms in total. The molecule has 68 valence electrons. The molecule has 0 aliphatic carbocycles. The molecule has 0 aromatic heterocycles. The second kappa shape index (κ2) is 9.80. The Hall–Kier alpha value is -0.200. The van der Waals surface area contributed by atoms with Crippen LogP contribution in [0.2, 0.25) is 0 Å². The minimum absolute atomic E-state index is 0.456. The summed E-state index contributed by atoms with van der Waals surface area (Å²) in [6, 6.07) is 0. The van der Waals surface area contributed by atoms with Gasteiger partial charge in [0.2, 0.25) is 0 Å². The van der Waals surface area contributed by atoms with Crippen molar-refractivity contribution >= 4 is 0 Å². The topological polar surface area (TPSA) is 49.0 Å². The molecule has 0 saturated heterocycles. The van der Waals surface area contributed by atoms with E-state index in [1.54, 1.807) is 7.11 Å². The quantitative estimate of drug-likeness (QED) is 0.396. The van der Waals surface area contributed by atoms with E-state index in [2.05, 4.69) is 10.5 Å². The Bertz CT molecular complexity index is 63.6. The summed E-state index contributed by atoms with van der Waals surface area (Å²) in [4.78, 5) is 9.14. The summed E-state index contributed by atoms with van der Waals surface area (Å²) in [6.45, 7) is 2.18. The van der Waals surface area contributed by atoms with Crippen LogP contribution >= 0.6 is 0 Å². The second-order valence-corrected chi connectivity index (χ2v) is 1.74. The Labute approximate surface area is 66.5 Å². The molecule has 0 unspecified atom stereocenters. The molecule has 5 heteroatoms. The van der Waals surface area contributed by atoms with Crippen molar-refractivity contribution in [3.63, 3.8) is 0 Å². The van der Waals surface area contributed by atoms with Gasteiger partial charge in [0.25, 0.3) is 0 Å². The van der Waals surface area contributed by atoms with Gasteiger partial charge in [-0.15, -0.1) is 0 Å². The van der Waals surface area contributed by atoms with Crippen LogP contribution in [0.5, 0.6) is 0 Å². The third-order valence-corrected chi connectivity index (χ3v) is 0.904. The smallest absolute Gasteiger partial charge is 0.0942 e. The van der Waals surface area contributed by atoms with Crippen LogP contribution in [0.1, 0.15) is 0 Å². The molecule has 0 radical (unpaired) electrons. The minimum atomic E-state index is 0.456. The molecule has 0 heterocycles. The lowest BCUT2D eigenvalue weighted by Gasteiger charge is -2.03. The van der Waals surface area contributed by atoms with Gasteiger partial charge in [-0.2, -0.15) is 0 Å². The second-order valence-electron chi connectivity index (χ2n) is 1.74. The zero-order valence-corrected chi connectivity index (χ0v) is 6.96. The fraction of sp³-hybridized carbons (Fsp3) is 1.00. The Balaban J connectivity index is 2.69. The number of rotatable bonds is 8. The van der Waals surface area contributed by atoms with Crippen molar-refractivity contribution in [1.29, 1.82) is 0 Å². The third-order valence-electron chi connectivity index (χ3n) is 0.904. The van der Waals surface area contributed by atoms with Crippen molar-refractivity contribution < 1.29 is 19.1 Å². The molecule has 11 heavy (non-hydrogen) atoms. The summed E-state index contributed by atoms with van der Waals surface area (Å²) in [7, 11) is 3.11. The number of methoxy groups -OCH3 is 1. The molecule has 0 fully saturated rings. The molecule has 0 bridgehead atoms. The van der Waals surface area contributed by atoms with Gasteiger partial charge in [0.05, 0.1) is 33.5 Å². The highest BCUT2D eigenvalue weighted by atomic mass is 16.9. The largest absolute Gasteiger partial charge is 0.382 e. The fourth-order valence-corrected chi connectivity index (χ4v) is 0.446. The zero-order valence-electron chi connectivity index (χ0n) is 6.96. The predicted octanol–water partition coefficient (Wildman–Crippen LogP) is -0.268. The first-order chi connectivity index (χ1) is 5.41. The molecule has 0 aromatic carbocycles. The van der Waals surface area contributed by atoms with Crippen molar-refractivity contribution in [2.45, 2.75) is 0 Å². The van der Waals surface area contributed by atoms with Gasteiger partial charge in [-0.3, -0.25) is 9.68 Å². The Morgan fingerprint density at radius 3 is 2.36 bits per heavy atom. The predicted molar refractivity (Wildman–Crippen MR) is 38.8 cm³/mol. The van der Waals surface area contributed by atoms with Gasteiger partial charge in [0, 0.05) is 7.11 Å². The molecule has 0 aromatic rings. The third kappa shape index (κ3) is 9.80. The van der Waals surface area contributed by atoms with Crippen LogP contribution in [-0.2, 0) is 19.1 Å². The average molecular weight is 165 g/mol. The van der Waals surface area contributed by atoms with Crippen molar-refractivity contribution in [3.05, 3.63) is 0 Å². The molecule has 0 aliphatic heterocycles. The van der Waals surface area contributed by atoms with Crippen LogP contribution in [-0.4, -0.2) is 40.6 Å². The highest BCUT2D eigenvalue weighted by Crippen LogP contribution is 1.76. The lowest BCUT2D eigenvalue weighted by Crippen LogP contribution is -2.17. The first-order valence-corrected chi connectivity index (χ1v) is 3.38. The maximum atomic E-state index is 5.08. The van der Waals surface area contributed by atoms with Gasteiger partial charge in [-0.05, 0) is 0 Å². The van der Waals surface area contributed by atoms with Gasteiger partial charge in [-0.25, -0.2) is 0 Å². The number of nitrogens with one attached hydrogen (secondary N) is 1. The van der Waals surface area contributed by atoms with Gasteiger partial charge in [0.1, 0.15) is 0 Å². The summed E-state index contributed by atoms with van der Waals surface area (Å²) < 4.78 is 9.84. The molecular weight excluding hydrogens is 150 g/mol. The van der Waals surface area contributed by atoms with E-state index in [1.165, 1.54) is 7.11 Å². The lowest BCUT2D eigenvalue weighted by atomic mass is 10.7. The van der Waals surface area contributed by atoms with Crippen molar-refractivity contribution in [3.8, 4) is 0 Å². The molecule has 1 N–H and O–H groups in total. The Kier molecular flexibility index (Phi) is 9.62. The lowest BCUT2D eigenvalue weighted by molar-refractivity contribution is -0.160. The fourth-order valence-electron chi connectivity index (χ4n) is 0.446. The summed E-state index contributed by atoms with van der Waals surface area (Å²) in [5, 5.41) is 0. The number of hydrogen-bond acceptors (Lipinski definition) is 5. The highest BCUT2D eigenvalue weighted by molar-refractivity contribution is 4.27. The van der Waals surface area contributed by atoms with E-state index in [0.29, 0.717) is 26.4 Å². The first-order valence-electron chi connectivity index (χ1n) is 3.38.